The molecule has 19 heavy (non-hydrogen) atoms. The van der Waals surface area contributed by atoms with Crippen molar-refractivity contribution in [3.8, 4) is 0 Å². The Morgan fingerprint density at radius 1 is 1.32 bits per heavy atom. The van der Waals surface area contributed by atoms with Gasteiger partial charge in [-0.3, -0.25) is 9.59 Å². The van der Waals surface area contributed by atoms with Crippen molar-refractivity contribution in [3.63, 3.8) is 0 Å². The van der Waals surface area contributed by atoms with Crippen LogP contribution in [0.25, 0.3) is 0 Å². The average Bonchev–Trinajstić information content (AvgIpc) is 2.31. The number of carbonyl (C=O) groups excluding carboxylic acids is 1. The molecule has 1 atom stereocenters. The molecule has 1 aromatic carbocycles. The summed E-state index contributed by atoms with van der Waals surface area (Å²) in [5, 5.41) is 12.0. The van der Waals surface area contributed by atoms with Crippen LogP contribution in [0.1, 0.15) is 24.2 Å². The molecule has 1 amide bonds. The van der Waals surface area contributed by atoms with Gasteiger partial charge < -0.3 is 10.4 Å². The van der Waals surface area contributed by atoms with Gasteiger partial charge in [-0.15, -0.1) is 0 Å². The quantitative estimate of drug-likeness (QED) is 0.878. The molecule has 0 radical (unpaired) electrons. The molecule has 0 aliphatic carbocycles. The molecule has 0 aliphatic rings. The van der Waals surface area contributed by atoms with Crippen LogP contribution in [0.5, 0.6) is 0 Å². The summed E-state index contributed by atoms with van der Waals surface area (Å²) in [6, 6.07) is 4.73. The van der Waals surface area contributed by atoms with Crippen LogP contribution < -0.4 is 5.32 Å². The SMILES string of the molecule is CC(C)C(CNC(=O)c1cccc(Cl)c1Cl)C(=O)O. The Hall–Kier alpha value is -1.26. The molecule has 0 saturated heterocycles. The maximum Gasteiger partial charge on any atom is 0.308 e. The van der Waals surface area contributed by atoms with E-state index in [-0.39, 0.29) is 28.1 Å². The number of amides is 1. The highest BCUT2D eigenvalue weighted by Gasteiger charge is 2.22. The zero-order valence-electron chi connectivity index (χ0n) is 10.6. The maximum absolute atomic E-state index is 11.9. The van der Waals surface area contributed by atoms with Gasteiger partial charge in [0, 0.05) is 6.54 Å². The monoisotopic (exact) mass is 303 g/mol. The standard InChI is InChI=1S/C13H15Cl2NO3/c1-7(2)9(13(18)19)6-16-12(17)8-4-3-5-10(14)11(8)15/h3-5,7,9H,6H2,1-2H3,(H,16,17)(H,18,19). The summed E-state index contributed by atoms with van der Waals surface area (Å²) in [4.78, 5) is 22.9. The number of aliphatic carboxylic acids is 1. The van der Waals surface area contributed by atoms with E-state index >= 15 is 0 Å². The second-order valence-corrected chi connectivity index (χ2v) is 5.29. The van der Waals surface area contributed by atoms with Crippen LogP contribution in [-0.2, 0) is 4.79 Å². The Labute approximate surface area is 121 Å². The number of nitrogens with one attached hydrogen (secondary N) is 1. The second-order valence-electron chi connectivity index (χ2n) is 4.50. The van der Waals surface area contributed by atoms with Gasteiger partial charge in [-0.05, 0) is 18.1 Å². The lowest BCUT2D eigenvalue weighted by molar-refractivity contribution is -0.142. The minimum absolute atomic E-state index is 0.0503. The molecule has 0 fully saturated rings. The predicted octanol–water partition coefficient (Wildman–Crippen LogP) is 3.08. The summed E-state index contributed by atoms with van der Waals surface area (Å²) < 4.78 is 0. The van der Waals surface area contributed by atoms with Crippen LogP contribution in [-0.4, -0.2) is 23.5 Å². The van der Waals surface area contributed by atoms with E-state index in [9.17, 15) is 9.59 Å². The van der Waals surface area contributed by atoms with Crippen molar-refractivity contribution in [3.05, 3.63) is 33.8 Å². The molecule has 0 bridgehead atoms. The van der Waals surface area contributed by atoms with Crippen LogP contribution in [0.4, 0.5) is 0 Å². The van der Waals surface area contributed by atoms with Crippen molar-refractivity contribution in [2.24, 2.45) is 11.8 Å². The fourth-order valence-electron chi connectivity index (χ4n) is 1.59. The first-order chi connectivity index (χ1) is 8.84. The van der Waals surface area contributed by atoms with Crippen molar-refractivity contribution in [1.82, 2.24) is 5.32 Å². The van der Waals surface area contributed by atoms with E-state index in [2.05, 4.69) is 5.32 Å². The summed E-state index contributed by atoms with van der Waals surface area (Å²) >= 11 is 11.7. The van der Waals surface area contributed by atoms with Crippen LogP contribution in [0.3, 0.4) is 0 Å². The predicted molar refractivity (Wildman–Crippen MR) is 74.8 cm³/mol. The lowest BCUT2D eigenvalue weighted by atomic mass is 9.96. The number of halogens is 2. The highest BCUT2D eigenvalue weighted by atomic mass is 35.5. The van der Waals surface area contributed by atoms with E-state index < -0.39 is 17.8 Å². The van der Waals surface area contributed by atoms with Gasteiger partial charge in [0.05, 0.1) is 21.5 Å². The van der Waals surface area contributed by atoms with Gasteiger partial charge in [0.15, 0.2) is 0 Å². The van der Waals surface area contributed by atoms with Gasteiger partial charge in [-0.25, -0.2) is 0 Å². The van der Waals surface area contributed by atoms with Crippen LogP contribution in [0.2, 0.25) is 10.0 Å². The van der Waals surface area contributed by atoms with E-state index in [4.69, 9.17) is 28.3 Å². The lowest BCUT2D eigenvalue weighted by Crippen LogP contribution is -2.35. The molecule has 6 heteroatoms. The van der Waals surface area contributed by atoms with Gasteiger partial charge in [-0.2, -0.15) is 0 Å². The van der Waals surface area contributed by atoms with Crippen molar-refractivity contribution in [2.75, 3.05) is 6.54 Å². The molecular formula is C13H15Cl2NO3. The van der Waals surface area contributed by atoms with E-state index in [0.29, 0.717) is 0 Å². The zero-order valence-corrected chi connectivity index (χ0v) is 12.1. The largest absolute Gasteiger partial charge is 0.481 e. The summed E-state index contributed by atoms with van der Waals surface area (Å²) in [6.45, 7) is 3.63. The van der Waals surface area contributed by atoms with E-state index in [1.165, 1.54) is 6.07 Å². The maximum atomic E-state index is 11.9. The Morgan fingerprint density at radius 3 is 2.47 bits per heavy atom. The molecule has 0 aliphatic heterocycles. The third-order valence-corrected chi connectivity index (χ3v) is 3.62. The zero-order chi connectivity index (χ0) is 14.6. The first kappa shape index (κ1) is 15.8. The molecule has 2 N–H and O–H groups in total. The molecule has 4 nitrogen and oxygen atoms in total. The minimum Gasteiger partial charge on any atom is -0.481 e. The van der Waals surface area contributed by atoms with Crippen molar-refractivity contribution >= 4 is 35.1 Å². The highest BCUT2D eigenvalue weighted by Crippen LogP contribution is 2.25. The molecular weight excluding hydrogens is 289 g/mol. The molecule has 1 aromatic rings. The third kappa shape index (κ3) is 4.11. The summed E-state index contributed by atoms with van der Waals surface area (Å²) in [7, 11) is 0. The van der Waals surface area contributed by atoms with E-state index in [1.807, 2.05) is 0 Å². The average molecular weight is 304 g/mol. The van der Waals surface area contributed by atoms with Crippen molar-refractivity contribution in [2.45, 2.75) is 13.8 Å². The smallest absolute Gasteiger partial charge is 0.308 e. The van der Waals surface area contributed by atoms with E-state index in [1.54, 1.807) is 26.0 Å². The van der Waals surface area contributed by atoms with Gasteiger partial charge in [0.25, 0.3) is 5.91 Å². The van der Waals surface area contributed by atoms with Crippen molar-refractivity contribution in [1.29, 1.82) is 0 Å². The highest BCUT2D eigenvalue weighted by molar-refractivity contribution is 6.43. The molecule has 0 spiro atoms. The van der Waals surface area contributed by atoms with Crippen LogP contribution in [0.15, 0.2) is 18.2 Å². The Bertz CT molecular complexity index is 489. The number of carbonyl (C=O) groups is 2. The Morgan fingerprint density at radius 2 is 1.95 bits per heavy atom. The number of benzene rings is 1. The Kier molecular flexibility index (Phi) is 5.63. The first-order valence-corrected chi connectivity index (χ1v) is 6.55. The first-order valence-electron chi connectivity index (χ1n) is 5.79. The molecule has 0 saturated carbocycles. The summed E-state index contributed by atoms with van der Waals surface area (Å²) in [5.74, 6) is -2.08. The van der Waals surface area contributed by atoms with Crippen molar-refractivity contribution < 1.29 is 14.7 Å². The normalized spacial score (nSPS) is 12.3. The summed E-state index contributed by atoms with van der Waals surface area (Å²) in [6.07, 6.45) is 0. The molecule has 0 aromatic heterocycles. The molecule has 0 heterocycles. The fraction of sp³-hybridized carbons (Fsp3) is 0.385. The third-order valence-electron chi connectivity index (χ3n) is 2.80. The van der Waals surface area contributed by atoms with Gasteiger partial charge >= 0.3 is 5.97 Å². The van der Waals surface area contributed by atoms with Crippen LogP contribution in [0, 0.1) is 11.8 Å². The van der Waals surface area contributed by atoms with Gasteiger partial charge in [0.2, 0.25) is 0 Å². The minimum atomic E-state index is -0.938. The number of hydrogen-bond donors (Lipinski definition) is 2. The fourth-order valence-corrected chi connectivity index (χ4v) is 1.97. The van der Waals surface area contributed by atoms with Gasteiger partial charge in [-0.1, -0.05) is 43.1 Å². The molecule has 1 rings (SSSR count). The van der Waals surface area contributed by atoms with Crippen LogP contribution >= 0.6 is 23.2 Å². The topological polar surface area (TPSA) is 66.4 Å². The number of rotatable bonds is 5. The van der Waals surface area contributed by atoms with Gasteiger partial charge in [0.1, 0.15) is 0 Å². The number of carboxylic acids is 1. The molecule has 1 unspecified atom stereocenters. The molecule has 104 valence electrons. The summed E-state index contributed by atoms with van der Waals surface area (Å²) in [5.41, 5.74) is 0.238. The number of carboxylic acid groups (broad SMARTS) is 1. The lowest BCUT2D eigenvalue weighted by Gasteiger charge is -2.17. The van der Waals surface area contributed by atoms with E-state index in [0.717, 1.165) is 0 Å². The number of hydrogen-bond acceptors (Lipinski definition) is 2. The Balaban J connectivity index is 2.75. The second kappa shape index (κ2) is 6.78.